The fraction of sp³-hybridized carbons (Fsp3) is 0.500. The monoisotopic (exact) mass is 237 g/mol. The number of piperidine rings is 1. The highest BCUT2D eigenvalue weighted by Gasteiger charge is 2.30. The highest BCUT2D eigenvalue weighted by molar-refractivity contribution is 5.91. The smallest absolute Gasteiger partial charge is 0.310 e. The maximum absolute atomic E-state index is 12.0. The molecule has 1 aromatic heterocycles. The van der Waals surface area contributed by atoms with Gasteiger partial charge in [-0.2, -0.15) is 0 Å². The van der Waals surface area contributed by atoms with Crippen LogP contribution in [0.15, 0.2) is 22.8 Å². The number of hydrogen-bond donors (Lipinski definition) is 0. The van der Waals surface area contributed by atoms with Crippen LogP contribution in [-0.4, -0.2) is 37.0 Å². The van der Waals surface area contributed by atoms with Gasteiger partial charge in [0.25, 0.3) is 5.91 Å². The van der Waals surface area contributed by atoms with E-state index in [1.54, 1.807) is 17.0 Å². The van der Waals surface area contributed by atoms with Gasteiger partial charge in [-0.05, 0) is 25.0 Å². The van der Waals surface area contributed by atoms with Gasteiger partial charge in [0.15, 0.2) is 5.76 Å². The molecule has 1 aliphatic heterocycles. The molecule has 1 aromatic rings. The number of likely N-dealkylation sites (tertiary alicyclic amines) is 1. The van der Waals surface area contributed by atoms with Crippen molar-refractivity contribution in [3.05, 3.63) is 24.2 Å². The first-order valence-electron chi connectivity index (χ1n) is 5.63. The zero-order valence-electron chi connectivity index (χ0n) is 9.72. The molecule has 0 aromatic carbocycles. The molecule has 5 nitrogen and oxygen atoms in total. The van der Waals surface area contributed by atoms with Crippen LogP contribution < -0.4 is 0 Å². The normalized spacial score (nSPS) is 20.1. The molecule has 1 aliphatic rings. The van der Waals surface area contributed by atoms with Crippen molar-refractivity contribution in [3.8, 4) is 0 Å². The molecule has 1 saturated heterocycles. The zero-order valence-corrected chi connectivity index (χ0v) is 9.72. The first-order chi connectivity index (χ1) is 8.22. The summed E-state index contributed by atoms with van der Waals surface area (Å²) in [7, 11) is 1.37. The summed E-state index contributed by atoms with van der Waals surface area (Å²) in [5.74, 6) is -0.311. The van der Waals surface area contributed by atoms with Gasteiger partial charge in [0.1, 0.15) is 0 Å². The number of esters is 1. The Morgan fingerprint density at radius 3 is 3.00 bits per heavy atom. The summed E-state index contributed by atoms with van der Waals surface area (Å²) in [4.78, 5) is 25.1. The Kier molecular flexibility index (Phi) is 3.46. The number of furan rings is 1. The summed E-state index contributed by atoms with van der Waals surface area (Å²) < 4.78 is 9.77. The Bertz CT molecular complexity index is 399. The molecule has 1 atom stereocenters. The predicted molar refractivity (Wildman–Crippen MR) is 59.4 cm³/mol. The van der Waals surface area contributed by atoms with E-state index in [0.29, 0.717) is 18.8 Å². The number of carbonyl (C=O) groups is 2. The summed E-state index contributed by atoms with van der Waals surface area (Å²) in [5.41, 5.74) is 0. The largest absolute Gasteiger partial charge is 0.469 e. The first-order valence-corrected chi connectivity index (χ1v) is 5.63. The van der Waals surface area contributed by atoms with Crippen LogP contribution in [0.3, 0.4) is 0 Å². The molecule has 0 radical (unpaired) electrons. The predicted octanol–water partition coefficient (Wildman–Crippen LogP) is 1.30. The molecule has 1 fully saturated rings. The van der Waals surface area contributed by atoms with E-state index in [1.807, 2.05) is 0 Å². The van der Waals surface area contributed by atoms with Gasteiger partial charge >= 0.3 is 5.97 Å². The fourth-order valence-corrected chi connectivity index (χ4v) is 2.08. The van der Waals surface area contributed by atoms with Crippen LogP contribution >= 0.6 is 0 Å². The maximum atomic E-state index is 12.0. The molecular weight excluding hydrogens is 222 g/mol. The van der Waals surface area contributed by atoms with Crippen molar-refractivity contribution in [3.63, 3.8) is 0 Å². The molecule has 0 saturated carbocycles. The molecule has 5 heteroatoms. The third-order valence-corrected chi connectivity index (χ3v) is 2.98. The van der Waals surface area contributed by atoms with Crippen LogP contribution in [0.25, 0.3) is 0 Å². The van der Waals surface area contributed by atoms with E-state index in [1.165, 1.54) is 13.4 Å². The molecule has 2 rings (SSSR count). The van der Waals surface area contributed by atoms with Gasteiger partial charge in [-0.15, -0.1) is 0 Å². The lowest BCUT2D eigenvalue weighted by atomic mass is 9.98. The molecule has 92 valence electrons. The number of methoxy groups -OCH3 is 1. The molecular formula is C12H15NO4. The van der Waals surface area contributed by atoms with Gasteiger partial charge in [0.05, 0.1) is 19.3 Å². The molecule has 0 aliphatic carbocycles. The number of ether oxygens (including phenoxy) is 1. The highest BCUT2D eigenvalue weighted by Crippen LogP contribution is 2.19. The van der Waals surface area contributed by atoms with E-state index in [2.05, 4.69) is 0 Å². The average Bonchev–Trinajstić information content (AvgIpc) is 2.91. The molecule has 0 N–H and O–H groups in total. The maximum Gasteiger partial charge on any atom is 0.310 e. The number of amides is 1. The summed E-state index contributed by atoms with van der Waals surface area (Å²) in [6, 6.07) is 3.30. The molecule has 1 amide bonds. The topological polar surface area (TPSA) is 59.8 Å². The van der Waals surface area contributed by atoms with Crippen LogP contribution in [0.4, 0.5) is 0 Å². The van der Waals surface area contributed by atoms with Crippen molar-refractivity contribution in [1.29, 1.82) is 0 Å². The quantitative estimate of drug-likeness (QED) is 0.727. The number of rotatable bonds is 2. The second kappa shape index (κ2) is 5.03. The Balaban J connectivity index is 2.02. The van der Waals surface area contributed by atoms with Crippen molar-refractivity contribution in [2.45, 2.75) is 12.8 Å². The lowest BCUT2D eigenvalue weighted by Crippen LogP contribution is -2.42. The van der Waals surface area contributed by atoms with Crippen LogP contribution in [0, 0.1) is 5.92 Å². The van der Waals surface area contributed by atoms with E-state index in [9.17, 15) is 9.59 Å². The van der Waals surface area contributed by atoms with E-state index in [4.69, 9.17) is 9.15 Å². The standard InChI is InChI=1S/C12H15NO4/c1-16-12(15)9-4-2-6-13(8-9)11(14)10-5-3-7-17-10/h3,5,7,9H,2,4,6,8H2,1H3/t9-/m0/s1. The van der Waals surface area contributed by atoms with Crippen molar-refractivity contribution in [2.24, 2.45) is 5.92 Å². The number of hydrogen-bond acceptors (Lipinski definition) is 4. The highest BCUT2D eigenvalue weighted by atomic mass is 16.5. The van der Waals surface area contributed by atoms with Crippen molar-refractivity contribution < 1.29 is 18.7 Å². The summed E-state index contributed by atoms with van der Waals surface area (Å²) in [6.45, 7) is 1.07. The Morgan fingerprint density at radius 1 is 1.53 bits per heavy atom. The van der Waals surface area contributed by atoms with Gasteiger partial charge in [-0.3, -0.25) is 9.59 Å². The minimum atomic E-state index is -0.248. The number of nitrogens with zero attached hydrogens (tertiary/aromatic N) is 1. The molecule has 17 heavy (non-hydrogen) atoms. The lowest BCUT2D eigenvalue weighted by molar-refractivity contribution is -0.146. The summed E-state index contributed by atoms with van der Waals surface area (Å²) in [5, 5.41) is 0. The van der Waals surface area contributed by atoms with Gasteiger partial charge in [-0.25, -0.2) is 0 Å². The molecule has 2 heterocycles. The van der Waals surface area contributed by atoms with Gasteiger partial charge < -0.3 is 14.1 Å². The van der Waals surface area contributed by atoms with Crippen LogP contribution in [-0.2, 0) is 9.53 Å². The molecule has 0 spiro atoms. The third-order valence-electron chi connectivity index (χ3n) is 2.98. The van der Waals surface area contributed by atoms with Crippen LogP contribution in [0.1, 0.15) is 23.4 Å². The van der Waals surface area contributed by atoms with Crippen LogP contribution in [0.2, 0.25) is 0 Å². The van der Waals surface area contributed by atoms with Gasteiger partial charge in [0, 0.05) is 13.1 Å². The second-order valence-corrected chi connectivity index (χ2v) is 4.09. The first kappa shape index (κ1) is 11.7. The van der Waals surface area contributed by atoms with E-state index >= 15 is 0 Å². The molecule has 0 unspecified atom stereocenters. The second-order valence-electron chi connectivity index (χ2n) is 4.09. The zero-order chi connectivity index (χ0) is 12.3. The Hall–Kier alpha value is -1.78. The third kappa shape index (κ3) is 2.49. The van der Waals surface area contributed by atoms with Gasteiger partial charge in [-0.1, -0.05) is 0 Å². The SMILES string of the molecule is COC(=O)[C@H]1CCCN(C(=O)c2ccco2)C1. The van der Waals surface area contributed by atoms with Gasteiger partial charge in [0.2, 0.25) is 0 Å². The van der Waals surface area contributed by atoms with E-state index in [0.717, 1.165) is 12.8 Å². The van der Waals surface area contributed by atoms with Crippen molar-refractivity contribution in [1.82, 2.24) is 4.90 Å². The Labute approximate surface area is 99.3 Å². The van der Waals surface area contributed by atoms with Crippen molar-refractivity contribution >= 4 is 11.9 Å². The summed E-state index contributed by atoms with van der Waals surface area (Å²) in [6.07, 6.45) is 3.05. The fourth-order valence-electron chi connectivity index (χ4n) is 2.08. The lowest BCUT2D eigenvalue weighted by Gasteiger charge is -2.30. The Morgan fingerprint density at radius 2 is 2.35 bits per heavy atom. The minimum Gasteiger partial charge on any atom is -0.469 e. The van der Waals surface area contributed by atoms with Crippen LogP contribution in [0.5, 0.6) is 0 Å². The minimum absolute atomic E-state index is 0.163. The summed E-state index contributed by atoms with van der Waals surface area (Å²) >= 11 is 0. The number of carbonyl (C=O) groups excluding carboxylic acids is 2. The van der Waals surface area contributed by atoms with E-state index < -0.39 is 0 Å². The molecule has 0 bridgehead atoms. The van der Waals surface area contributed by atoms with E-state index in [-0.39, 0.29) is 17.8 Å². The average molecular weight is 237 g/mol. The van der Waals surface area contributed by atoms with Crippen molar-refractivity contribution in [2.75, 3.05) is 20.2 Å².